The van der Waals surface area contributed by atoms with Crippen molar-refractivity contribution < 1.29 is 46.8 Å². The largest absolute Gasteiger partial charge is 0.379 e. The number of rotatable bonds is 22. The molecule has 0 spiro atoms. The number of halogens is 5. The summed E-state index contributed by atoms with van der Waals surface area (Å²) in [5.41, 5.74) is 9.72. The zero-order valence-corrected chi connectivity index (χ0v) is 93.5. The first kappa shape index (κ1) is 116. The van der Waals surface area contributed by atoms with Gasteiger partial charge in [0.25, 0.3) is 0 Å². The predicted octanol–water partition coefficient (Wildman–Crippen LogP) is 20.4. The number of fused-ring (bicyclic) bond motifs is 5. The highest BCUT2D eigenvalue weighted by atomic mass is 35.5. The molecule has 3 atom stereocenters. The minimum absolute atomic E-state index is 0. The molecule has 15 aromatic rings. The summed E-state index contributed by atoms with van der Waals surface area (Å²) in [6, 6.07) is 84.3. The van der Waals surface area contributed by atoms with E-state index in [2.05, 4.69) is 146 Å². The van der Waals surface area contributed by atoms with Crippen molar-refractivity contribution in [2.24, 2.45) is 0 Å². The molecular weight excluding hydrogens is 2090 g/mol. The fourth-order valence-corrected chi connectivity index (χ4v) is 27.6. The zero-order chi connectivity index (χ0) is 101. The molecule has 1 unspecified atom stereocenters. The lowest BCUT2D eigenvalue weighted by Gasteiger charge is -2.41. The third-order valence-corrected chi connectivity index (χ3v) is 38.2. The van der Waals surface area contributed by atoms with Crippen molar-refractivity contribution in [1.82, 2.24) is 49.4 Å². The average molecular weight is 2230 g/mol. The van der Waals surface area contributed by atoms with Crippen molar-refractivity contribution in [2.45, 2.75) is 157 Å². The number of benzene rings is 10. The Balaban J connectivity index is 0.000000155. The summed E-state index contributed by atoms with van der Waals surface area (Å²) in [4.78, 5) is 49.7. The Morgan fingerprint density at radius 3 is 0.727 bits per heavy atom. The number of sulfone groups is 5. The van der Waals surface area contributed by atoms with Gasteiger partial charge in [0.05, 0.1) is 118 Å². The Bertz CT molecular complexity index is 7290. The Labute approximate surface area is 914 Å². The number of likely N-dealkylation sites (tertiary alicyclic amines) is 1. The fourth-order valence-electron chi connectivity index (χ4n) is 21.2. The average Bonchev–Trinajstić information content (AvgIpc) is 1.24. The van der Waals surface area contributed by atoms with Gasteiger partial charge in [0.2, 0.25) is 49.2 Å². The van der Waals surface area contributed by atoms with Gasteiger partial charge in [-0.05, 0) is 233 Å². The molecule has 150 heavy (non-hydrogen) atoms. The van der Waals surface area contributed by atoms with Gasteiger partial charge >= 0.3 is 0 Å². The molecule has 0 amide bonds. The van der Waals surface area contributed by atoms with E-state index in [4.69, 9.17) is 4.74 Å². The second-order valence-electron chi connectivity index (χ2n) is 38.7. The van der Waals surface area contributed by atoms with Crippen molar-refractivity contribution in [3.05, 3.63) is 304 Å². The minimum Gasteiger partial charge on any atom is -0.379 e. The van der Waals surface area contributed by atoms with E-state index in [-0.39, 0.29) is 101 Å². The molecule has 5 aromatic heterocycles. The Hall–Kier alpha value is -10.8. The molecule has 7 saturated heterocycles. The maximum Gasteiger partial charge on any atom is 0.208 e. The fraction of sp³-hybridized carbons (Fsp3) is 0.342. The number of morpholine rings is 1. The first-order chi connectivity index (χ1) is 70.2. The van der Waals surface area contributed by atoms with Gasteiger partial charge in [0.15, 0.2) is 0 Å². The Morgan fingerprint density at radius 1 is 0.260 bits per heavy atom. The molecular formula is C114H134Cl5N15O11S5. The van der Waals surface area contributed by atoms with E-state index < -0.39 is 49.2 Å². The monoisotopic (exact) mass is 2220 g/mol. The van der Waals surface area contributed by atoms with Crippen LogP contribution in [-0.4, -0.2) is 268 Å². The highest BCUT2D eigenvalue weighted by Gasteiger charge is 2.35. The molecule has 12 heterocycles. The summed E-state index contributed by atoms with van der Waals surface area (Å²) < 4.78 is 135. The summed E-state index contributed by atoms with van der Waals surface area (Å²) in [7, 11) is -9.42. The lowest BCUT2D eigenvalue weighted by atomic mass is 9.99. The van der Waals surface area contributed by atoms with Gasteiger partial charge in [-0.3, -0.25) is 34.7 Å². The summed E-state index contributed by atoms with van der Waals surface area (Å²) in [6.45, 7) is 22.6. The molecule has 7 aliphatic rings. The van der Waals surface area contributed by atoms with Crippen molar-refractivity contribution >= 4 is 194 Å². The first-order valence-corrected chi connectivity index (χ1v) is 58.0. The molecule has 0 bridgehead atoms. The maximum atomic E-state index is 13.0. The van der Waals surface area contributed by atoms with Crippen LogP contribution in [0.2, 0.25) is 0 Å². The number of pyridine rings is 5. The van der Waals surface area contributed by atoms with E-state index >= 15 is 0 Å². The highest BCUT2D eigenvalue weighted by Crippen LogP contribution is 2.40. The van der Waals surface area contributed by atoms with Crippen LogP contribution < -0.4 is 24.5 Å². The lowest BCUT2D eigenvalue weighted by molar-refractivity contribution is 0.0115. The van der Waals surface area contributed by atoms with Crippen LogP contribution in [0.1, 0.15) is 78.1 Å². The maximum absolute atomic E-state index is 13.0. The third-order valence-electron chi connectivity index (χ3n) is 29.5. The van der Waals surface area contributed by atoms with Crippen LogP contribution in [0.25, 0.3) is 54.5 Å². The van der Waals surface area contributed by atoms with Crippen molar-refractivity contribution in [3.8, 4) is 0 Å². The molecule has 7 fully saturated rings. The van der Waals surface area contributed by atoms with Crippen LogP contribution in [0.15, 0.2) is 353 Å². The standard InChI is InChI=1S/C25H29N3O2S.C24H27N3O3S.C23H27N3O2S.2C21H23N3O2S.5ClH/c29-31(30,22-9-3-1-4-10-22)23-18-20-8-7-11-24(25(20)26-19-23)28-16-12-21(13-17-28)27-14-5-2-6-15-27;28-31(29,21-6-2-1-3-7-21)22-17-19-5-4-8-23(24(19)25-18-22)27-11-9-20(10-12-27)26-13-15-30-16-14-26;1-3-25(4-2)19-13-14-26(17-19)22-12-8-9-18-15-21(16-24-23(18)22)29(27,28)20-10-6-5-7-11-20;2*1-23(2)17-11-12-24(15-17)20-10-6-7-16-13-19(14-22-21(16)20)27(25,26)18-8-4-3-5-9-18;;;;;/h1,3-4,7-11,18-19,21H,2,5-6,12-17H2;1-8,17-18,20H,9-16H2;5-12,15-16,19H,3-4,13-14,17H2,1-2H3;2*3-10,13-14,17H,11-12,15H2,1-2H3;5*1H/t;;;2*17-;;;;;/m...10...../s1. The number of hydrogen-bond donors (Lipinski definition) is 0. The van der Waals surface area contributed by atoms with Gasteiger partial charge in [-0.25, -0.2) is 42.1 Å². The van der Waals surface area contributed by atoms with E-state index in [0.29, 0.717) is 40.0 Å². The topological polar surface area (TPSA) is 277 Å². The molecule has 0 aliphatic carbocycles. The van der Waals surface area contributed by atoms with E-state index in [1.807, 2.05) is 78.9 Å². The van der Waals surface area contributed by atoms with E-state index in [9.17, 15) is 42.1 Å². The van der Waals surface area contributed by atoms with Crippen LogP contribution in [0.4, 0.5) is 28.4 Å². The molecule has 26 nitrogen and oxygen atoms in total. The van der Waals surface area contributed by atoms with Crippen LogP contribution in [0, 0.1) is 0 Å². The molecule has 36 heteroatoms. The number of anilines is 5. The SMILES string of the molecule is CCN(CC)C1CCN(c2cccc3cc(S(=O)(=O)c4ccccc4)cnc23)C1.CN(C)[C@@H]1CCN(c2cccc3cc(S(=O)(=O)c4ccccc4)cnc23)C1.CN(C)[C@H]1CCN(c2cccc3cc(S(=O)(=O)c4ccccc4)cnc23)C1.Cl.Cl.Cl.Cl.Cl.O=S(=O)(c1ccccc1)c1cnc2c(N3CCC(N4CCCCC4)CC3)cccc2c1.O=S(=O)(c1ccccc1)c1cnc2c(N3CCC(N4CCOCC4)CC3)cccc2c1. The Kier molecular flexibility index (Phi) is 40.5. The third kappa shape index (κ3) is 26.3. The summed E-state index contributed by atoms with van der Waals surface area (Å²) in [5.74, 6) is 0. The van der Waals surface area contributed by atoms with Crippen molar-refractivity contribution in [1.29, 1.82) is 0 Å². The molecule has 0 saturated carbocycles. The van der Waals surface area contributed by atoms with Gasteiger partial charge < -0.3 is 43.9 Å². The number of aromatic nitrogens is 5. The van der Waals surface area contributed by atoms with Gasteiger partial charge in [-0.1, -0.05) is 172 Å². The molecule has 10 aromatic carbocycles. The Morgan fingerprint density at radius 2 is 0.487 bits per heavy atom. The molecule has 0 N–H and O–H groups in total. The van der Waals surface area contributed by atoms with E-state index in [0.717, 1.165) is 220 Å². The normalized spacial score (nSPS) is 17.6. The smallest absolute Gasteiger partial charge is 0.208 e. The summed E-state index contributed by atoms with van der Waals surface area (Å²) in [6.07, 6.45) is 19.5. The number of nitrogens with zero attached hydrogens (tertiary/aromatic N) is 15. The highest BCUT2D eigenvalue weighted by molar-refractivity contribution is 7.92. The van der Waals surface area contributed by atoms with Gasteiger partial charge in [-0.15, -0.1) is 62.0 Å². The number of para-hydroxylation sites is 5. The van der Waals surface area contributed by atoms with Crippen LogP contribution >= 0.6 is 62.0 Å². The van der Waals surface area contributed by atoms with Gasteiger partial charge in [-0.2, -0.15) is 0 Å². The summed E-state index contributed by atoms with van der Waals surface area (Å²) in [5, 5.41) is 4.26. The molecule has 796 valence electrons. The number of hydrogen-bond acceptors (Lipinski definition) is 26. The van der Waals surface area contributed by atoms with Crippen molar-refractivity contribution in [2.75, 3.05) is 171 Å². The van der Waals surface area contributed by atoms with Crippen molar-refractivity contribution in [3.63, 3.8) is 0 Å². The van der Waals surface area contributed by atoms with Gasteiger partial charge in [0, 0.05) is 167 Å². The van der Waals surface area contributed by atoms with E-state index in [1.165, 1.54) is 76.2 Å². The number of piperidine rings is 3. The molecule has 7 aliphatic heterocycles. The van der Waals surface area contributed by atoms with Crippen LogP contribution in [0.3, 0.4) is 0 Å². The number of likely N-dealkylation sites (N-methyl/N-ethyl adjacent to an activating group) is 3. The van der Waals surface area contributed by atoms with Crippen LogP contribution in [0.5, 0.6) is 0 Å². The predicted molar refractivity (Wildman–Crippen MR) is 615 cm³/mol. The summed E-state index contributed by atoms with van der Waals surface area (Å²) >= 11 is 0. The van der Waals surface area contributed by atoms with Gasteiger partial charge in [0.1, 0.15) is 0 Å². The lowest BCUT2D eigenvalue weighted by Crippen LogP contribution is -2.49. The zero-order valence-electron chi connectivity index (χ0n) is 85.3. The molecule has 0 radical (unpaired) electrons. The second-order valence-corrected chi connectivity index (χ2v) is 48.4. The molecule has 22 rings (SSSR count). The minimum atomic E-state index is -3.58. The van der Waals surface area contributed by atoms with Crippen LogP contribution in [-0.2, 0) is 53.9 Å². The number of ether oxygens (including phenoxy) is 1. The second kappa shape index (κ2) is 52.2. The van der Waals surface area contributed by atoms with E-state index in [1.54, 1.807) is 164 Å². The quantitative estimate of drug-likeness (QED) is 0.0609. The first-order valence-electron chi connectivity index (χ1n) is 50.6.